The Hall–Kier alpha value is -1.65. The number of nitrogens with two attached hydrogens (primary N) is 1. The molecule has 0 spiro atoms. The molecule has 3 rings (SSSR count). The van der Waals surface area contributed by atoms with Crippen LogP contribution in [0.1, 0.15) is 12.8 Å². The number of hydrogen-bond donors (Lipinski definition) is 4. The van der Waals surface area contributed by atoms with Crippen LogP contribution >= 0.6 is 24.0 Å². The molecule has 26 heavy (non-hydrogen) atoms. The van der Waals surface area contributed by atoms with Gasteiger partial charge in [0.25, 0.3) is 0 Å². The van der Waals surface area contributed by atoms with Crippen LogP contribution in [-0.2, 0) is 10.0 Å². The first-order chi connectivity index (χ1) is 11.8. The maximum atomic E-state index is 12.9. The summed E-state index contributed by atoms with van der Waals surface area (Å²) in [4.78, 5) is 4.17. The molecule has 0 saturated carbocycles. The molecule has 5 N–H and O–H groups in total. The van der Waals surface area contributed by atoms with E-state index >= 15 is 0 Å². The minimum atomic E-state index is -3.76. The predicted molar refractivity (Wildman–Crippen MR) is 104 cm³/mol. The second-order valence-corrected chi connectivity index (χ2v) is 8.09. The molecule has 0 aliphatic carbocycles. The zero-order chi connectivity index (χ0) is 18.2. The Morgan fingerprint density at radius 3 is 2.85 bits per heavy atom. The van der Waals surface area contributed by atoms with Crippen LogP contribution in [0.2, 0.25) is 5.02 Å². The minimum Gasteiger partial charge on any atom is -0.395 e. The lowest BCUT2D eigenvalue weighted by molar-refractivity contribution is 0.213. The number of aliphatic hydroxyl groups excluding tert-OH is 1. The van der Waals surface area contributed by atoms with Crippen molar-refractivity contribution in [3.63, 3.8) is 0 Å². The lowest BCUT2D eigenvalue weighted by Gasteiger charge is -2.22. The molecular weight excluding hydrogens is 401 g/mol. The van der Waals surface area contributed by atoms with Gasteiger partial charge in [-0.2, -0.15) is 4.31 Å². The third kappa shape index (κ3) is 3.72. The highest BCUT2D eigenvalue weighted by molar-refractivity contribution is 7.89. The van der Waals surface area contributed by atoms with Crippen molar-refractivity contribution in [2.45, 2.75) is 23.8 Å². The molecule has 0 amide bonds. The zero-order valence-corrected chi connectivity index (χ0v) is 16.0. The average molecular weight is 420 g/mol. The van der Waals surface area contributed by atoms with Crippen molar-refractivity contribution in [1.29, 1.82) is 5.41 Å². The van der Waals surface area contributed by atoms with E-state index in [0.29, 0.717) is 35.2 Å². The van der Waals surface area contributed by atoms with Gasteiger partial charge in [0.05, 0.1) is 16.5 Å². The van der Waals surface area contributed by atoms with Gasteiger partial charge in [-0.1, -0.05) is 17.7 Å². The fraction of sp³-hybridized carbons (Fsp3) is 0.333. The molecule has 1 saturated heterocycles. The first kappa shape index (κ1) is 20.7. The Morgan fingerprint density at radius 2 is 2.19 bits per heavy atom. The fourth-order valence-corrected chi connectivity index (χ4v) is 4.94. The number of nitrogens with one attached hydrogen (secondary N) is 2. The van der Waals surface area contributed by atoms with Gasteiger partial charge in [-0.3, -0.25) is 5.41 Å². The maximum Gasteiger partial charge on any atom is 0.243 e. The lowest BCUT2D eigenvalue weighted by Crippen LogP contribution is -2.37. The van der Waals surface area contributed by atoms with E-state index in [0.717, 1.165) is 0 Å². The summed E-state index contributed by atoms with van der Waals surface area (Å²) >= 11 is 6.14. The maximum absolute atomic E-state index is 12.9. The van der Waals surface area contributed by atoms with E-state index in [2.05, 4.69) is 10.3 Å². The van der Waals surface area contributed by atoms with E-state index in [4.69, 9.17) is 22.7 Å². The van der Waals surface area contributed by atoms with Crippen LogP contribution in [0.5, 0.6) is 0 Å². The Morgan fingerprint density at radius 1 is 1.46 bits per heavy atom. The SMILES string of the molecule is Cl.N=C(N)Nc1ncc(Cl)c2ccc(S(=O)(=O)N3CCCC3CO)cc12. The van der Waals surface area contributed by atoms with E-state index in [-0.39, 0.29) is 35.7 Å². The smallest absolute Gasteiger partial charge is 0.243 e. The number of rotatable bonds is 4. The van der Waals surface area contributed by atoms with Crippen LogP contribution in [0.25, 0.3) is 10.8 Å². The van der Waals surface area contributed by atoms with Crippen molar-refractivity contribution in [2.24, 2.45) is 5.73 Å². The number of nitrogens with zero attached hydrogens (tertiary/aromatic N) is 2. The van der Waals surface area contributed by atoms with Crippen LogP contribution in [0.15, 0.2) is 29.3 Å². The van der Waals surface area contributed by atoms with E-state index in [1.807, 2.05) is 0 Å². The van der Waals surface area contributed by atoms with Crippen LogP contribution in [0.3, 0.4) is 0 Å². The predicted octanol–water partition coefficient (Wildman–Crippen LogP) is 1.76. The highest BCUT2D eigenvalue weighted by atomic mass is 35.5. The third-order valence-corrected chi connectivity index (χ3v) is 6.45. The molecular formula is C15H19Cl2N5O3S. The highest BCUT2D eigenvalue weighted by Gasteiger charge is 2.35. The van der Waals surface area contributed by atoms with E-state index in [1.165, 1.54) is 22.6 Å². The number of guanidine groups is 1. The number of sulfonamides is 1. The van der Waals surface area contributed by atoms with E-state index in [9.17, 15) is 13.5 Å². The molecule has 1 aromatic carbocycles. The van der Waals surface area contributed by atoms with Crippen molar-refractivity contribution in [2.75, 3.05) is 18.5 Å². The molecule has 1 aliphatic heterocycles. The van der Waals surface area contributed by atoms with Gasteiger partial charge >= 0.3 is 0 Å². The number of anilines is 1. The average Bonchev–Trinajstić information content (AvgIpc) is 3.06. The molecule has 142 valence electrons. The number of fused-ring (bicyclic) bond motifs is 1. The molecule has 1 unspecified atom stereocenters. The summed E-state index contributed by atoms with van der Waals surface area (Å²) in [5.74, 6) is -0.0617. The Kier molecular flexibility index (Phi) is 6.30. The van der Waals surface area contributed by atoms with Crippen LogP contribution in [0, 0.1) is 5.41 Å². The minimum absolute atomic E-state index is 0. The topological polar surface area (TPSA) is 132 Å². The molecule has 2 aromatic rings. The van der Waals surface area contributed by atoms with Crippen LogP contribution < -0.4 is 11.1 Å². The van der Waals surface area contributed by atoms with Gasteiger partial charge in [0, 0.05) is 29.6 Å². The zero-order valence-electron chi connectivity index (χ0n) is 13.6. The number of aliphatic hydroxyl groups is 1. The summed E-state index contributed by atoms with van der Waals surface area (Å²) < 4.78 is 27.2. The lowest BCUT2D eigenvalue weighted by atomic mass is 10.1. The normalized spacial score (nSPS) is 17.8. The fourth-order valence-electron chi connectivity index (χ4n) is 3.02. The monoisotopic (exact) mass is 419 g/mol. The summed E-state index contributed by atoms with van der Waals surface area (Å²) in [6, 6.07) is 4.13. The molecule has 2 heterocycles. The Bertz CT molecular complexity index is 938. The number of pyridine rings is 1. The standard InChI is InChI=1S/C15H18ClN5O3S.ClH/c16-13-7-19-14(20-15(17)18)12-6-10(3-4-11(12)13)25(23,24)21-5-1-2-9(21)8-22;/h3-4,6-7,9,22H,1-2,5,8H2,(H4,17,18,19,20);1H. The molecule has 0 radical (unpaired) electrons. The Balaban J connectivity index is 0.00000243. The van der Waals surface area contributed by atoms with Gasteiger partial charge in [0.2, 0.25) is 10.0 Å². The van der Waals surface area contributed by atoms with Gasteiger partial charge in [0.1, 0.15) is 5.82 Å². The molecule has 0 bridgehead atoms. The number of hydrogen-bond acceptors (Lipinski definition) is 5. The van der Waals surface area contributed by atoms with Crippen molar-refractivity contribution >= 4 is 56.6 Å². The second kappa shape index (κ2) is 7.93. The summed E-state index contributed by atoms with van der Waals surface area (Å²) in [6.45, 7) is 0.162. The van der Waals surface area contributed by atoms with Crippen LogP contribution in [0.4, 0.5) is 5.82 Å². The first-order valence-electron chi connectivity index (χ1n) is 7.66. The van der Waals surface area contributed by atoms with Gasteiger partial charge < -0.3 is 16.2 Å². The van der Waals surface area contributed by atoms with Crippen molar-refractivity contribution < 1.29 is 13.5 Å². The molecule has 1 fully saturated rings. The van der Waals surface area contributed by atoms with Gasteiger partial charge in [-0.05, 0) is 25.0 Å². The summed E-state index contributed by atoms with van der Waals surface area (Å²) in [5.41, 5.74) is 5.36. The highest BCUT2D eigenvalue weighted by Crippen LogP contribution is 2.32. The second-order valence-electron chi connectivity index (χ2n) is 5.80. The first-order valence-corrected chi connectivity index (χ1v) is 9.48. The van der Waals surface area contributed by atoms with Gasteiger partial charge in [-0.15, -0.1) is 12.4 Å². The van der Waals surface area contributed by atoms with Crippen molar-refractivity contribution in [3.8, 4) is 0 Å². The van der Waals surface area contributed by atoms with Crippen molar-refractivity contribution in [1.82, 2.24) is 9.29 Å². The third-order valence-electron chi connectivity index (χ3n) is 4.20. The van der Waals surface area contributed by atoms with Gasteiger partial charge in [0.15, 0.2) is 5.96 Å². The molecule has 1 atom stereocenters. The van der Waals surface area contributed by atoms with Gasteiger partial charge in [-0.25, -0.2) is 13.4 Å². The number of halogens is 2. The van der Waals surface area contributed by atoms with E-state index in [1.54, 1.807) is 6.07 Å². The van der Waals surface area contributed by atoms with Crippen LogP contribution in [-0.4, -0.2) is 48.0 Å². The molecule has 8 nitrogen and oxygen atoms in total. The molecule has 1 aliphatic rings. The largest absolute Gasteiger partial charge is 0.395 e. The number of benzene rings is 1. The number of aromatic nitrogens is 1. The quantitative estimate of drug-likeness (QED) is 0.440. The summed E-state index contributed by atoms with van der Waals surface area (Å²) in [5, 5.41) is 20.8. The molecule has 11 heteroatoms. The van der Waals surface area contributed by atoms with Crippen molar-refractivity contribution in [3.05, 3.63) is 29.4 Å². The summed E-state index contributed by atoms with van der Waals surface area (Å²) in [6.07, 6.45) is 2.75. The molecule has 1 aromatic heterocycles. The Labute approximate surface area is 162 Å². The summed E-state index contributed by atoms with van der Waals surface area (Å²) in [7, 11) is -3.76. The van der Waals surface area contributed by atoms with E-state index < -0.39 is 16.1 Å².